The van der Waals surface area contributed by atoms with Crippen LogP contribution in [0.1, 0.15) is 29.8 Å². The minimum atomic E-state index is -3.41. The van der Waals surface area contributed by atoms with Gasteiger partial charge in [-0.3, -0.25) is 9.69 Å². The molecule has 0 aliphatic carbocycles. The Kier molecular flexibility index (Phi) is 8.06. The summed E-state index contributed by atoms with van der Waals surface area (Å²) in [4.78, 5) is 14.5. The van der Waals surface area contributed by atoms with Gasteiger partial charge < -0.3 is 10.1 Å². The van der Waals surface area contributed by atoms with Crippen molar-refractivity contribution in [3.63, 3.8) is 0 Å². The Balaban J connectivity index is 1.42. The molecule has 8 heteroatoms. The molecular formula is C23H31N3O4S. The van der Waals surface area contributed by atoms with Gasteiger partial charge in [-0.1, -0.05) is 30.3 Å². The zero-order valence-corrected chi connectivity index (χ0v) is 19.0. The van der Waals surface area contributed by atoms with Crippen molar-refractivity contribution in [1.29, 1.82) is 0 Å². The maximum atomic E-state index is 12.7. The summed E-state index contributed by atoms with van der Waals surface area (Å²) in [6.45, 7) is 7.12. The number of benzene rings is 2. The zero-order valence-electron chi connectivity index (χ0n) is 18.2. The average Bonchev–Trinajstić information content (AvgIpc) is 2.75. The molecule has 168 valence electrons. The summed E-state index contributed by atoms with van der Waals surface area (Å²) < 4.78 is 32.4. The number of rotatable bonds is 9. The van der Waals surface area contributed by atoms with Crippen molar-refractivity contribution in [3.05, 3.63) is 65.7 Å². The molecule has 1 aliphatic heterocycles. The van der Waals surface area contributed by atoms with Gasteiger partial charge in [-0.05, 0) is 43.7 Å². The summed E-state index contributed by atoms with van der Waals surface area (Å²) in [7, 11) is -3.41. The van der Waals surface area contributed by atoms with Crippen LogP contribution in [0.2, 0.25) is 0 Å². The Bertz CT molecular complexity index is 939. The predicted molar refractivity (Wildman–Crippen MR) is 122 cm³/mol. The van der Waals surface area contributed by atoms with E-state index in [1.165, 1.54) is 9.87 Å². The quantitative estimate of drug-likeness (QED) is 0.641. The fourth-order valence-corrected chi connectivity index (χ4v) is 4.83. The number of carbonyl (C=O) groups excluding carboxylic acids is 1. The van der Waals surface area contributed by atoms with E-state index in [0.717, 1.165) is 6.54 Å². The van der Waals surface area contributed by atoms with Crippen molar-refractivity contribution in [2.24, 2.45) is 0 Å². The largest absolute Gasteiger partial charge is 0.491 e. The lowest BCUT2D eigenvalue weighted by Gasteiger charge is -2.34. The first-order valence-electron chi connectivity index (χ1n) is 10.6. The highest BCUT2D eigenvalue weighted by atomic mass is 32.2. The SMILES string of the molecule is CC(C)Oc1ccc(C(=O)NCCS(=O)(=O)N2CCN(Cc3ccccc3)CC2)cc1. The fourth-order valence-electron chi connectivity index (χ4n) is 3.49. The zero-order chi connectivity index (χ0) is 22.3. The molecule has 0 saturated carbocycles. The van der Waals surface area contributed by atoms with Crippen LogP contribution in [0.15, 0.2) is 54.6 Å². The summed E-state index contributed by atoms with van der Waals surface area (Å²) in [6, 6.07) is 17.0. The van der Waals surface area contributed by atoms with Crippen LogP contribution >= 0.6 is 0 Å². The Hall–Kier alpha value is -2.42. The van der Waals surface area contributed by atoms with Gasteiger partial charge in [0.05, 0.1) is 11.9 Å². The number of carbonyl (C=O) groups is 1. The second-order valence-electron chi connectivity index (χ2n) is 7.92. The Morgan fingerprint density at radius 2 is 1.65 bits per heavy atom. The topological polar surface area (TPSA) is 78.9 Å². The third kappa shape index (κ3) is 7.05. The van der Waals surface area contributed by atoms with Crippen molar-refractivity contribution in [3.8, 4) is 5.75 Å². The highest BCUT2D eigenvalue weighted by Gasteiger charge is 2.26. The van der Waals surface area contributed by atoms with Crippen LogP contribution < -0.4 is 10.1 Å². The third-order valence-electron chi connectivity index (χ3n) is 5.11. The number of piperazine rings is 1. The first kappa shape index (κ1) is 23.2. The lowest BCUT2D eigenvalue weighted by molar-refractivity contribution is 0.0956. The van der Waals surface area contributed by atoms with E-state index >= 15 is 0 Å². The second kappa shape index (κ2) is 10.7. The number of sulfonamides is 1. The third-order valence-corrected chi connectivity index (χ3v) is 6.98. The van der Waals surface area contributed by atoms with E-state index in [2.05, 4.69) is 22.3 Å². The van der Waals surface area contributed by atoms with Crippen LogP contribution in [0.4, 0.5) is 0 Å². The number of ether oxygens (including phenoxy) is 1. The molecule has 0 spiro atoms. The molecular weight excluding hydrogens is 414 g/mol. The van der Waals surface area contributed by atoms with E-state index < -0.39 is 10.0 Å². The van der Waals surface area contributed by atoms with Crippen LogP contribution in [0.25, 0.3) is 0 Å². The summed E-state index contributed by atoms with van der Waals surface area (Å²) in [5, 5.41) is 2.70. The molecule has 0 radical (unpaired) electrons. The predicted octanol–water partition coefficient (Wildman–Crippen LogP) is 2.35. The van der Waals surface area contributed by atoms with Gasteiger partial charge in [0.1, 0.15) is 5.75 Å². The molecule has 3 rings (SSSR count). The first-order valence-corrected chi connectivity index (χ1v) is 12.2. The molecule has 0 aromatic heterocycles. The molecule has 1 heterocycles. The molecule has 2 aromatic carbocycles. The summed E-state index contributed by atoms with van der Waals surface area (Å²) >= 11 is 0. The highest BCUT2D eigenvalue weighted by Crippen LogP contribution is 2.14. The molecule has 1 fully saturated rings. The number of nitrogens with one attached hydrogen (secondary N) is 1. The fraction of sp³-hybridized carbons (Fsp3) is 0.435. The van der Waals surface area contributed by atoms with Crippen LogP contribution in [0, 0.1) is 0 Å². The lowest BCUT2D eigenvalue weighted by Crippen LogP contribution is -2.49. The highest BCUT2D eigenvalue weighted by molar-refractivity contribution is 7.89. The minimum absolute atomic E-state index is 0.0603. The Morgan fingerprint density at radius 3 is 2.26 bits per heavy atom. The summed E-state index contributed by atoms with van der Waals surface area (Å²) in [5.41, 5.74) is 1.70. The van der Waals surface area contributed by atoms with Crippen LogP contribution in [-0.2, 0) is 16.6 Å². The molecule has 1 amide bonds. The van der Waals surface area contributed by atoms with Crippen molar-refractivity contribution in [2.45, 2.75) is 26.5 Å². The standard InChI is InChI=1S/C23H31N3O4S/c1-19(2)30-22-10-8-21(9-11-22)23(27)24-12-17-31(28,29)26-15-13-25(14-16-26)18-20-6-4-3-5-7-20/h3-11,19H,12-18H2,1-2H3,(H,24,27). The molecule has 0 atom stereocenters. The summed E-state index contributed by atoms with van der Waals surface area (Å²) in [6.07, 6.45) is 0.0603. The van der Waals surface area contributed by atoms with Gasteiger partial charge in [-0.2, -0.15) is 4.31 Å². The van der Waals surface area contributed by atoms with E-state index in [1.54, 1.807) is 24.3 Å². The van der Waals surface area contributed by atoms with Crippen molar-refractivity contribution >= 4 is 15.9 Å². The Labute approximate surface area is 185 Å². The average molecular weight is 446 g/mol. The van der Waals surface area contributed by atoms with Gasteiger partial charge in [0, 0.05) is 44.8 Å². The molecule has 1 N–H and O–H groups in total. The minimum Gasteiger partial charge on any atom is -0.491 e. The molecule has 1 aliphatic rings. The van der Waals surface area contributed by atoms with Gasteiger partial charge in [0.15, 0.2) is 0 Å². The number of nitrogens with zero attached hydrogens (tertiary/aromatic N) is 2. The van der Waals surface area contributed by atoms with Crippen LogP contribution in [0.5, 0.6) is 5.75 Å². The number of amides is 1. The normalized spacial score (nSPS) is 15.7. The van der Waals surface area contributed by atoms with E-state index in [1.807, 2.05) is 32.0 Å². The van der Waals surface area contributed by atoms with E-state index in [9.17, 15) is 13.2 Å². The molecule has 31 heavy (non-hydrogen) atoms. The monoisotopic (exact) mass is 445 g/mol. The molecule has 1 saturated heterocycles. The van der Waals surface area contributed by atoms with E-state index in [0.29, 0.717) is 37.5 Å². The van der Waals surface area contributed by atoms with E-state index in [-0.39, 0.29) is 24.3 Å². The van der Waals surface area contributed by atoms with Gasteiger partial charge in [-0.25, -0.2) is 8.42 Å². The molecule has 7 nitrogen and oxygen atoms in total. The maximum absolute atomic E-state index is 12.7. The lowest BCUT2D eigenvalue weighted by atomic mass is 10.2. The van der Waals surface area contributed by atoms with Crippen molar-refractivity contribution < 1.29 is 17.9 Å². The van der Waals surface area contributed by atoms with E-state index in [4.69, 9.17) is 4.74 Å². The molecule has 0 bridgehead atoms. The van der Waals surface area contributed by atoms with Gasteiger partial charge in [0.25, 0.3) is 5.91 Å². The van der Waals surface area contributed by atoms with Crippen molar-refractivity contribution in [1.82, 2.24) is 14.5 Å². The Morgan fingerprint density at radius 1 is 1.00 bits per heavy atom. The summed E-state index contributed by atoms with van der Waals surface area (Å²) in [5.74, 6) is 0.297. The number of hydrogen-bond acceptors (Lipinski definition) is 5. The van der Waals surface area contributed by atoms with Crippen molar-refractivity contribution in [2.75, 3.05) is 38.5 Å². The molecule has 2 aromatic rings. The second-order valence-corrected chi connectivity index (χ2v) is 10.0. The van der Waals surface area contributed by atoms with Gasteiger partial charge in [-0.15, -0.1) is 0 Å². The smallest absolute Gasteiger partial charge is 0.251 e. The van der Waals surface area contributed by atoms with Crippen LogP contribution in [0.3, 0.4) is 0 Å². The number of hydrogen-bond donors (Lipinski definition) is 1. The molecule has 0 unspecified atom stereocenters. The van der Waals surface area contributed by atoms with Crippen LogP contribution in [-0.4, -0.2) is 68.1 Å². The van der Waals surface area contributed by atoms with Gasteiger partial charge in [0.2, 0.25) is 10.0 Å². The maximum Gasteiger partial charge on any atom is 0.251 e. The first-order chi connectivity index (χ1) is 14.8. The van der Waals surface area contributed by atoms with Gasteiger partial charge >= 0.3 is 0 Å².